The predicted molar refractivity (Wildman–Crippen MR) is 62.3 cm³/mol. The molecule has 0 aliphatic rings. The maximum atomic E-state index is 5.76. The Morgan fingerprint density at radius 2 is 1.85 bits per heavy atom. The second-order valence-corrected chi connectivity index (χ2v) is 8.92. The molecule has 0 aromatic heterocycles. The summed E-state index contributed by atoms with van der Waals surface area (Å²) in [4.78, 5) is 0. The molecule has 0 heterocycles. The van der Waals surface area contributed by atoms with Crippen LogP contribution in [0.4, 0.5) is 0 Å². The third kappa shape index (κ3) is 8.10. The van der Waals surface area contributed by atoms with Crippen LogP contribution < -0.4 is 0 Å². The Kier molecular flexibility index (Phi) is 6.13. The molecule has 0 fully saturated rings. The van der Waals surface area contributed by atoms with Crippen LogP contribution in [0.1, 0.15) is 39.5 Å². The van der Waals surface area contributed by atoms with E-state index in [2.05, 4.69) is 33.5 Å². The fourth-order valence-corrected chi connectivity index (χ4v) is 1.50. The molecule has 13 heavy (non-hydrogen) atoms. The first-order valence-corrected chi connectivity index (χ1v) is 8.76. The van der Waals surface area contributed by atoms with Crippen molar-refractivity contribution in [3.05, 3.63) is 11.8 Å². The van der Waals surface area contributed by atoms with Gasteiger partial charge in [0.2, 0.25) is 8.32 Å². The molecule has 0 unspecified atom stereocenters. The number of hydrogen-bond donors (Lipinski definition) is 0. The first-order chi connectivity index (χ1) is 5.99. The summed E-state index contributed by atoms with van der Waals surface area (Å²) in [7, 11) is -1.35. The van der Waals surface area contributed by atoms with Gasteiger partial charge in [0.05, 0.1) is 6.26 Å². The quantitative estimate of drug-likeness (QED) is 0.458. The van der Waals surface area contributed by atoms with Crippen molar-refractivity contribution in [1.82, 2.24) is 0 Å². The van der Waals surface area contributed by atoms with Gasteiger partial charge in [0.1, 0.15) is 0 Å². The second-order valence-electron chi connectivity index (χ2n) is 4.46. The zero-order valence-corrected chi connectivity index (χ0v) is 10.8. The van der Waals surface area contributed by atoms with Crippen molar-refractivity contribution in [3.63, 3.8) is 0 Å². The number of allylic oxidation sites excluding steroid dienone is 1. The van der Waals surface area contributed by atoms with E-state index in [1.807, 2.05) is 6.26 Å². The van der Waals surface area contributed by atoms with Gasteiger partial charge in [-0.25, -0.2) is 0 Å². The average molecular weight is 200 g/mol. The van der Waals surface area contributed by atoms with Gasteiger partial charge in [-0.05, 0) is 44.5 Å². The van der Waals surface area contributed by atoms with Gasteiger partial charge in [0, 0.05) is 0 Å². The lowest BCUT2D eigenvalue weighted by atomic mass is 10.1. The summed E-state index contributed by atoms with van der Waals surface area (Å²) < 4.78 is 5.76. The molecule has 0 aliphatic carbocycles. The van der Waals surface area contributed by atoms with Crippen LogP contribution in [0.5, 0.6) is 0 Å². The van der Waals surface area contributed by atoms with Crippen molar-refractivity contribution in [2.75, 3.05) is 0 Å². The van der Waals surface area contributed by atoms with Crippen LogP contribution in [0.2, 0.25) is 19.6 Å². The van der Waals surface area contributed by atoms with Crippen LogP contribution >= 0.6 is 0 Å². The zero-order chi connectivity index (χ0) is 10.3. The van der Waals surface area contributed by atoms with Crippen molar-refractivity contribution >= 4 is 8.32 Å². The maximum Gasteiger partial charge on any atom is 0.241 e. The molecule has 78 valence electrons. The molecule has 0 saturated heterocycles. The van der Waals surface area contributed by atoms with Gasteiger partial charge < -0.3 is 4.43 Å². The Morgan fingerprint density at radius 3 is 2.23 bits per heavy atom. The lowest BCUT2D eigenvalue weighted by Crippen LogP contribution is -2.22. The highest BCUT2D eigenvalue weighted by Gasteiger charge is 2.13. The first kappa shape index (κ1) is 12.8. The van der Waals surface area contributed by atoms with Crippen molar-refractivity contribution in [2.45, 2.75) is 59.2 Å². The van der Waals surface area contributed by atoms with Crippen LogP contribution in [-0.4, -0.2) is 8.32 Å². The lowest BCUT2D eigenvalue weighted by molar-refractivity contribution is 0.467. The normalized spacial score (nSPS) is 13.2. The molecular weight excluding hydrogens is 176 g/mol. The molecule has 0 aliphatic heterocycles. The second kappa shape index (κ2) is 6.25. The standard InChI is InChI=1S/C11H24OSi/c1-6-8-9-11(7-2)10-12-13(3,4)5/h10H,6-9H2,1-5H3/b11-10+. The molecule has 0 spiro atoms. The Bertz CT molecular complexity index is 156. The van der Waals surface area contributed by atoms with Gasteiger partial charge in [0.15, 0.2) is 0 Å². The lowest BCUT2D eigenvalue weighted by Gasteiger charge is -2.16. The summed E-state index contributed by atoms with van der Waals surface area (Å²) in [6.07, 6.45) is 6.91. The zero-order valence-electron chi connectivity index (χ0n) is 9.81. The SMILES string of the molecule is CCCC/C(=C/O[Si](C)(C)C)CC. The molecule has 0 amide bonds. The highest BCUT2D eigenvalue weighted by atomic mass is 28.4. The average Bonchev–Trinajstić information content (AvgIpc) is 2.03. The Morgan fingerprint density at radius 1 is 1.23 bits per heavy atom. The Balaban J connectivity index is 3.92. The van der Waals surface area contributed by atoms with Gasteiger partial charge in [-0.3, -0.25) is 0 Å². The van der Waals surface area contributed by atoms with Gasteiger partial charge in [-0.1, -0.05) is 20.3 Å². The summed E-state index contributed by atoms with van der Waals surface area (Å²) in [5, 5.41) is 0. The molecule has 1 nitrogen and oxygen atoms in total. The van der Waals surface area contributed by atoms with E-state index in [-0.39, 0.29) is 0 Å². The first-order valence-electron chi connectivity index (χ1n) is 5.35. The van der Waals surface area contributed by atoms with Crippen LogP contribution in [0.15, 0.2) is 11.8 Å². The summed E-state index contributed by atoms with van der Waals surface area (Å²) in [5.41, 5.74) is 1.46. The predicted octanol–water partition coefficient (Wildman–Crippen LogP) is 4.32. The molecule has 2 heteroatoms. The summed E-state index contributed by atoms with van der Waals surface area (Å²) >= 11 is 0. The number of unbranched alkanes of at least 4 members (excludes halogenated alkanes) is 1. The van der Waals surface area contributed by atoms with E-state index in [0.29, 0.717) is 0 Å². The molecular formula is C11H24OSi. The number of hydrogen-bond acceptors (Lipinski definition) is 1. The van der Waals surface area contributed by atoms with E-state index in [9.17, 15) is 0 Å². The van der Waals surface area contributed by atoms with Gasteiger partial charge in [-0.15, -0.1) is 0 Å². The van der Waals surface area contributed by atoms with Crippen molar-refractivity contribution in [3.8, 4) is 0 Å². The number of rotatable bonds is 6. The van der Waals surface area contributed by atoms with E-state index in [0.717, 1.165) is 6.42 Å². The maximum absolute atomic E-state index is 5.76. The van der Waals surface area contributed by atoms with Crippen molar-refractivity contribution < 1.29 is 4.43 Å². The van der Waals surface area contributed by atoms with Gasteiger partial charge in [0.25, 0.3) is 0 Å². The van der Waals surface area contributed by atoms with Crippen LogP contribution in [0.3, 0.4) is 0 Å². The third-order valence-electron chi connectivity index (χ3n) is 1.88. The van der Waals surface area contributed by atoms with E-state index in [1.165, 1.54) is 24.8 Å². The van der Waals surface area contributed by atoms with Crippen molar-refractivity contribution in [1.29, 1.82) is 0 Å². The summed E-state index contributed by atoms with van der Waals surface area (Å²) in [6, 6.07) is 0. The van der Waals surface area contributed by atoms with Crippen LogP contribution in [-0.2, 0) is 4.43 Å². The highest BCUT2D eigenvalue weighted by molar-refractivity contribution is 6.69. The molecule has 0 atom stereocenters. The fourth-order valence-electron chi connectivity index (χ4n) is 0.983. The third-order valence-corrected chi connectivity index (χ3v) is 2.71. The summed E-state index contributed by atoms with van der Waals surface area (Å²) in [6.45, 7) is 11.1. The van der Waals surface area contributed by atoms with Crippen LogP contribution in [0.25, 0.3) is 0 Å². The Labute approximate surface area is 84.3 Å². The van der Waals surface area contributed by atoms with E-state index in [1.54, 1.807) is 0 Å². The molecule has 0 radical (unpaired) electrons. The molecule has 0 N–H and O–H groups in total. The highest BCUT2D eigenvalue weighted by Crippen LogP contribution is 2.13. The molecule has 0 bridgehead atoms. The van der Waals surface area contributed by atoms with Gasteiger partial charge >= 0.3 is 0 Å². The van der Waals surface area contributed by atoms with E-state index < -0.39 is 8.32 Å². The topological polar surface area (TPSA) is 9.23 Å². The molecule has 0 aromatic rings. The minimum Gasteiger partial charge on any atom is -0.550 e. The molecule has 0 saturated carbocycles. The van der Waals surface area contributed by atoms with E-state index >= 15 is 0 Å². The smallest absolute Gasteiger partial charge is 0.241 e. The van der Waals surface area contributed by atoms with Crippen molar-refractivity contribution in [2.24, 2.45) is 0 Å². The largest absolute Gasteiger partial charge is 0.550 e. The molecule has 0 rings (SSSR count). The minimum absolute atomic E-state index is 1.13. The monoisotopic (exact) mass is 200 g/mol. The molecule has 0 aromatic carbocycles. The summed E-state index contributed by atoms with van der Waals surface area (Å²) in [5.74, 6) is 0. The van der Waals surface area contributed by atoms with Crippen LogP contribution in [0, 0.1) is 0 Å². The van der Waals surface area contributed by atoms with E-state index in [4.69, 9.17) is 4.43 Å². The minimum atomic E-state index is -1.35. The fraction of sp³-hybridized carbons (Fsp3) is 0.818. The Hall–Kier alpha value is -0.243. The van der Waals surface area contributed by atoms with Gasteiger partial charge in [-0.2, -0.15) is 0 Å².